The molecule has 0 N–H and O–H groups in total. The summed E-state index contributed by atoms with van der Waals surface area (Å²) >= 11 is 5.13. The number of sulfonamides is 1. The average molecular weight is 298 g/mol. The van der Waals surface area contributed by atoms with Crippen molar-refractivity contribution in [2.45, 2.75) is 6.92 Å². The number of anilines is 1. The molecule has 1 aromatic carbocycles. The van der Waals surface area contributed by atoms with E-state index in [0.717, 1.165) is 12.1 Å². The van der Waals surface area contributed by atoms with E-state index in [1.54, 1.807) is 0 Å². The Balaban J connectivity index is 3.30. The van der Waals surface area contributed by atoms with Crippen LogP contribution in [0.4, 0.5) is 14.5 Å². The molecule has 4 nitrogen and oxygen atoms in total. The second-order valence-electron chi connectivity index (χ2n) is 3.36. The first-order valence-corrected chi connectivity index (χ1v) is 6.90. The molecule has 0 saturated carbocycles. The number of carbonyl (C=O) groups excluding carboxylic acids is 1. The first-order chi connectivity index (χ1) is 8.27. The predicted octanol–water partition coefficient (Wildman–Crippen LogP) is 1.89. The smallest absolute Gasteiger partial charge is 0.242 e. The molecule has 0 heterocycles. The third-order valence-corrected chi connectivity index (χ3v) is 3.99. The van der Waals surface area contributed by atoms with Crippen molar-refractivity contribution in [1.82, 2.24) is 0 Å². The summed E-state index contributed by atoms with van der Waals surface area (Å²) in [6.07, 6.45) is 0. The minimum absolute atomic E-state index is 0.339. The molecule has 0 atom stereocenters. The predicted molar refractivity (Wildman–Crippen MR) is 64.0 cm³/mol. The van der Waals surface area contributed by atoms with Gasteiger partial charge in [-0.25, -0.2) is 17.2 Å². The van der Waals surface area contributed by atoms with E-state index in [-0.39, 0.29) is 5.75 Å². The van der Waals surface area contributed by atoms with Gasteiger partial charge in [-0.2, -0.15) is 0 Å². The fourth-order valence-corrected chi connectivity index (χ4v) is 2.55. The van der Waals surface area contributed by atoms with Crippen LogP contribution < -0.4 is 4.31 Å². The second-order valence-corrected chi connectivity index (χ2v) is 5.96. The monoisotopic (exact) mass is 297 g/mol. The number of rotatable bonds is 5. The van der Waals surface area contributed by atoms with E-state index >= 15 is 0 Å². The van der Waals surface area contributed by atoms with Crippen LogP contribution in [0.25, 0.3) is 0 Å². The summed E-state index contributed by atoms with van der Waals surface area (Å²) in [5.41, 5.74) is -0.410. The fraction of sp³-hybridized carbons (Fsp3) is 0.300. The third-order valence-electron chi connectivity index (χ3n) is 2.15. The van der Waals surface area contributed by atoms with Gasteiger partial charge in [-0.3, -0.25) is 9.10 Å². The highest BCUT2D eigenvalue weighted by molar-refractivity contribution is 7.92. The van der Waals surface area contributed by atoms with Crippen molar-refractivity contribution >= 4 is 32.6 Å². The third kappa shape index (κ3) is 3.39. The zero-order valence-corrected chi connectivity index (χ0v) is 10.9. The molecule has 0 aliphatic carbocycles. The molecule has 0 fully saturated rings. The van der Waals surface area contributed by atoms with Gasteiger partial charge in [0.15, 0.2) is 0 Å². The Hall–Kier alpha value is -1.21. The topological polar surface area (TPSA) is 54.5 Å². The summed E-state index contributed by atoms with van der Waals surface area (Å²) in [7, 11) is -3.88. The molecule has 0 aromatic heterocycles. The van der Waals surface area contributed by atoms with E-state index in [9.17, 15) is 22.0 Å². The largest absolute Gasteiger partial charge is 0.279 e. The van der Waals surface area contributed by atoms with Crippen LogP contribution in [0.2, 0.25) is 0 Å². The highest BCUT2D eigenvalue weighted by Crippen LogP contribution is 2.23. The number of hydrogen-bond acceptors (Lipinski definition) is 3. The van der Waals surface area contributed by atoms with Gasteiger partial charge in [-0.1, -0.05) is 0 Å². The first-order valence-electron chi connectivity index (χ1n) is 4.91. The van der Waals surface area contributed by atoms with Crippen molar-refractivity contribution in [3.63, 3.8) is 0 Å². The Labute approximate surface area is 108 Å². The molecule has 0 saturated heterocycles. The van der Waals surface area contributed by atoms with Crippen LogP contribution in [0, 0.1) is 11.6 Å². The number of halogens is 3. The quantitative estimate of drug-likeness (QED) is 0.780. The Morgan fingerprint density at radius 1 is 1.39 bits per heavy atom. The van der Waals surface area contributed by atoms with Gasteiger partial charge in [-0.05, 0) is 30.7 Å². The van der Waals surface area contributed by atoms with E-state index in [0.29, 0.717) is 10.4 Å². The molecule has 0 radical (unpaired) electrons. The molecule has 0 aliphatic heterocycles. The van der Waals surface area contributed by atoms with Crippen molar-refractivity contribution < 1.29 is 22.0 Å². The van der Waals surface area contributed by atoms with Crippen LogP contribution >= 0.6 is 11.6 Å². The maximum absolute atomic E-state index is 13.5. The number of benzene rings is 1. The summed E-state index contributed by atoms with van der Waals surface area (Å²) in [4.78, 5) is 10.8. The van der Waals surface area contributed by atoms with Crippen LogP contribution in [0.1, 0.15) is 6.92 Å². The van der Waals surface area contributed by atoms with Crippen molar-refractivity contribution in [3.8, 4) is 0 Å². The standard InChI is InChI=1S/C10H10ClF2NO3S/c1-2-18(16,17)14(6-10(11)15)9-4-3-7(12)5-8(9)13/h3-5H,2,6H2,1H3. The van der Waals surface area contributed by atoms with E-state index < -0.39 is 39.1 Å². The maximum atomic E-state index is 13.5. The number of nitrogens with zero attached hydrogens (tertiary/aromatic N) is 1. The molecule has 0 unspecified atom stereocenters. The van der Waals surface area contributed by atoms with Crippen molar-refractivity contribution in [1.29, 1.82) is 0 Å². The lowest BCUT2D eigenvalue weighted by atomic mass is 10.3. The van der Waals surface area contributed by atoms with E-state index in [1.807, 2.05) is 0 Å². The second kappa shape index (κ2) is 5.62. The Kier molecular flexibility index (Phi) is 4.64. The SMILES string of the molecule is CCS(=O)(=O)N(CC(=O)Cl)c1ccc(F)cc1F. The number of carbonyl (C=O) groups is 1. The minimum atomic E-state index is -3.88. The van der Waals surface area contributed by atoms with Gasteiger partial charge in [-0.15, -0.1) is 0 Å². The molecule has 100 valence electrons. The molecular weight excluding hydrogens is 288 g/mol. The highest BCUT2D eigenvalue weighted by atomic mass is 35.5. The summed E-state index contributed by atoms with van der Waals surface area (Å²) < 4.78 is 50.2. The molecule has 1 rings (SSSR count). The minimum Gasteiger partial charge on any atom is -0.279 e. The Morgan fingerprint density at radius 2 is 2.00 bits per heavy atom. The lowest BCUT2D eigenvalue weighted by Gasteiger charge is -2.22. The van der Waals surface area contributed by atoms with Gasteiger partial charge in [0.25, 0.3) is 0 Å². The van der Waals surface area contributed by atoms with Gasteiger partial charge < -0.3 is 0 Å². The van der Waals surface area contributed by atoms with Gasteiger partial charge >= 0.3 is 0 Å². The summed E-state index contributed by atoms with van der Waals surface area (Å²) in [6.45, 7) is 0.628. The lowest BCUT2D eigenvalue weighted by Crippen LogP contribution is -2.36. The molecule has 18 heavy (non-hydrogen) atoms. The molecule has 0 aliphatic rings. The van der Waals surface area contributed by atoms with Crippen LogP contribution in [0.15, 0.2) is 18.2 Å². The van der Waals surface area contributed by atoms with E-state index in [2.05, 4.69) is 0 Å². The van der Waals surface area contributed by atoms with Crippen molar-refractivity contribution in [2.24, 2.45) is 0 Å². The lowest BCUT2D eigenvalue weighted by molar-refractivity contribution is -0.110. The van der Waals surface area contributed by atoms with E-state index in [1.165, 1.54) is 6.92 Å². The van der Waals surface area contributed by atoms with Gasteiger partial charge in [0.2, 0.25) is 15.3 Å². The van der Waals surface area contributed by atoms with Crippen LogP contribution in [0.5, 0.6) is 0 Å². The first kappa shape index (κ1) is 14.8. The Bertz CT molecular complexity index is 562. The van der Waals surface area contributed by atoms with Crippen molar-refractivity contribution in [3.05, 3.63) is 29.8 Å². The van der Waals surface area contributed by atoms with E-state index in [4.69, 9.17) is 11.6 Å². The van der Waals surface area contributed by atoms with Gasteiger partial charge in [0.1, 0.15) is 18.2 Å². The van der Waals surface area contributed by atoms with Crippen LogP contribution in [-0.2, 0) is 14.8 Å². The fourth-order valence-electron chi connectivity index (χ4n) is 1.29. The molecule has 0 bridgehead atoms. The molecule has 0 spiro atoms. The Morgan fingerprint density at radius 3 is 2.44 bits per heavy atom. The number of hydrogen-bond donors (Lipinski definition) is 0. The zero-order valence-electron chi connectivity index (χ0n) is 9.36. The van der Waals surface area contributed by atoms with Gasteiger partial charge in [0.05, 0.1) is 11.4 Å². The highest BCUT2D eigenvalue weighted by Gasteiger charge is 2.25. The van der Waals surface area contributed by atoms with Crippen LogP contribution in [-0.4, -0.2) is 26.0 Å². The average Bonchev–Trinajstić information content (AvgIpc) is 2.26. The normalized spacial score (nSPS) is 11.3. The van der Waals surface area contributed by atoms with Gasteiger partial charge in [0, 0.05) is 6.07 Å². The molecule has 1 aromatic rings. The van der Waals surface area contributed by atoms with Crippen molar-refractivity contribution in [2.75, 3.05) is 16.6 Å². The maximum Gasteiger partial charge on any atom is 0.242 e. The molecular formula is C10H10ClF2NO3S. The zero-order chi connectivity index (χ0) is 13.9. The molecule has 8 heteroatoms. The summed E-state index contributed by atoms with van der Waals surface area (Å²) in [5.74, 6) is -2.26. The summed E-state index contributed by atoms with van der Waals surface area (Å²) in [6, 6.07) is 2.37. The molecule has 0 amide bonds. The summed E-state index contributed by atoms with van der Waals surface area (Å²) in [5, 5.41) is -0.962. The van der Waals surface area contributed by atoms with Crippen LogP contribution in [0.3, 0.4) is 0 Å².